The standard InChI is InChI=1S/C20H18ClN9O/c21-12-3-1-4-13-14(12)19(31)30(8-2-7-22)18(26-13)15(10-5-6-10)27-17-11(9-23)16(24)28-20(25)29-17/h1,3-4,10,15H,2,5-6,8H2,(H5,24,25,27,28,29). The zero-order valence-electron chi connectivity index (χ0n) is 16.3. The minimum atomic E-state index is -0.449. The van der Waals surface area contributed by atoms with Crippen molar-refractivity contribution in [1.29, 1.82) is 10.5 Å². The maximum absolute atomic E-state index is 13.3. The Morgan fingerprint density at radius 2 is 2.03 bits per heavy atom. The predicted octanol–water partition coefficient (Wildman–Crippen LogP) is 2.35. The number of nitriles is 2. The number of anilines is 3. The highest BCUT2D eigenvalue weighted by Gasteiger charge is 2.36. The van der Waals surface area contributed by atoms with Gasteiger partial charge in [0, 0.05) is 6.54 Å². The Morgan fingerprint density at radius 1 is 1.26 bits per heavy atom. The van der Waals surface area contributed by atoms with Crippen LogP contribution in [0.2, 0.25) is 5.02 Å². The lowest BCUT2D eigenvalue weighted by atomic mass is 10.1. The van der Waals surface area contributed by atoms with E-state index in [9.17, 15) is 10.1 Å². The molecular formula is C20H18ClN9O. The van der Waals surface area contributed by atoms with Crippen LogP contribution in [0.5, 0.6) is 0 Å². The molecule has 11 heteroatoms. The van der Waals surface area contributed by atoms with Crippen molar-refractivity contribution in [3.8, 4) is 12.1 Å². The number of benzene rings is 1. The number of hydrogen-bond donors (Lipinski definition) is 3. The number of rotatable bonds is 6. The first-order valence-electron chi connectivity index (χ1n) is 9.60. The van der Waals surface area contributed by atoms with Crippen LogP contribution in [0.4, 0.5) is 17.6 Å². The normalized spacial score (nSPS) is 14.0. The number of nitrogens with one attached hydrogen (secondary N) is 1. The summed E-state index contributed by atoms with van der Waals surface area (Å²) >= 11 is 6.26. The summed E-state index contributed by atoms with van der Waals surface area (Å²) in [5.74, 6) is 0.663. The van der Waals surface area contributed by atoms with Gasteiger partial charge in [-0.05, 0) is 30.9 Å². The van der Waals surface area contributed by atoms with Gasteiger partial charge in [0.15, 0.2) is 5.82 Å². The molecule has 2 aromatic heterocycles. The van der Waals surface area contributed by atoms with Crippen LogP contribution in [-0.2, 0) is 6.54 Å². The summed E-state index contributed by atoms with van der Waals surface area (Å²) in [4.78, 5) is 26.0. The molecule has 1 fully saturated rings. The SMILES string of the molecule is N#CCCn1c(C(Nc2nc(N)nc(N)c2C#N)C2CC2)nc2cccc(Cl)c2c1=O. The third kappa shape index (κ3) is 3.81. The number of nitrogen functional groups attached to an aromatic ring is 2. The van der Waals surface area contributed by atoms with E-state index in [1.54, 1.807) is 18.2 Å². The molecular weight excluding hydrogens is 418 g/mol. The molecule has 0 bridgehead atoms. The van der Waals surface area contributed by atoms with E-state index in [2.05, 4.69) is 21.4 Å². The lowest BCUT2D eigenvalue weighted by molar-refractivity contribution is 0.547. The van der Waals surface area contributed by atoms with Gasteiger partial charge in [0.2, 0.25) is 5.95 Å². The minimum Gasteiger partial charge on any atom is -0.382 e. The van der Waals surface area contributed by atoms with E-state index >= 15 is 0 Å². The van der Waals surface area contributed by atoms with Gasteiger partial charge in [0.1, 0.15) is 23.3 Å². The Morgan fingerprint density at radius 3 is 2.71 bits per heavy atom. The molecule has 0 radical (unpaired) electrons. The topological polar surface area (TPSA) is 172 Å². The molecule has 3 aromatic rings. The maximum atomic E-state index is 13.3. The second-order valence-corrected chi connectivity index (χ2v) is 7.64. The molecule has 10 nitrogen and oxygen atoms in total. The van der Waals surface area contributed by atoms with E-state index < -0.39 is 6.04 Å². The number of nitrogens with two attached hydrogens (primary N) is 2. The molecule has 1 aromatic carbocycles. The van der Waals surface area contributed by atoms with Gasteiger partial charge in [-0.2, -0.15) is 20.5 Å². The molecule has 2 heterocycles. The van der Waals surface area contributed by atoms with Crippen molar-refractivity contribution < 1.29 is 0 Å². The summed E-state index contributed by atoms with van der Waals surface area (Å²) in [5.41, 5.74) is 11.8. The molecule has 0 amide bonds. The highest BCUT2D eigenvalue weighted by Crippen LogP contribution is 2.43. The van der Waals surface area contributed by atoms with Crippen LogP contribution in [0.3, 0.4) is 0 Å². The highest BCUT2D eigenvalue weighted by molar-refractivity contribution is 6.35. The maximum Gasteiger partial charge on any atom is 0.262 e. The van der Waals surface area contributed by atoms with Crippen LogP contribution < -0.4 is 22.3 Å². The minimum absolute atomic E-state index is 0.0350. The van der Waals surface area contributed by atoms with Crippen LogP contribution in [0.1, 0.15) is 36.7 Å². The Bertz CT molecular complexity index is 1320. The quantitative estimate of drug-likeness (QED) is 0.525. The van der Waals surface area contributed by atoms with Gasteiger partial charge >= 0.3 is 0 Å². The van der Waals surface area contributed by atoms with Crippen LogP contribution in [0, 0.1) is 28.6 Å². The van der Waals surface area contributed by atoms with Crippen LogP contribution >= 0.6 is 11.6 Å². The molecule has 1 atom stereocenters. The third-order valence-corrected chi connectivity index (χ3v) is 5.45. The molecule has 5 N–H and O–H groups in total. The smallest absolute Gasteiger partial charge is 0.262 e. The van der Waals surface area contributed by atoms with Gasteiger partial charge in [0.05, 0.1) is 34.5 Å². The Kier molecular flexibility index (Phi) is 5.32. The van der Waals surface area contributed by atoms with E-state index in [0.29, 0.717) is 21.7 Å². The van der Waals surface area contributed by atoms with Crippen LogP contribution in [-0.4, -0.2) is 19.5 Å². The lowest BCUT2D eigenvalue weighted by Crippen LogP contribution is -2.31. The Balaban J connectivity index is 1.90. The van der Waals surface area contributed by atoms with Crippen molar-refractivity contribution in [3.05, 3.63) is 45.0 Å². The Labute approximate surface area is 182 Å². The summed E-state index contributed by atoms with van der Waals surface area (Å²) in [6, 6.07) is 8.67. The molecule has 0 aliphatic heterocycles. The molecule has 0 saturated heterocycles. The third-order valence-electron chi connectivity index (χ3n) is 5.14. The van der Waals surface area contributed by atoms with E-state index in [1.807, 2.05) is 6.07 Å². The fourth-order valence-electron chi connectivity index (χ4n) is 3.54. The first-order valence-corrected chi connectivity index (χ1v) is 9.98. The second kappa shape index (κ2) is 8.09. The number of aromatic nitrogens is 4. The summed E-state index contributed by atoms with van der Waals surface area (Å²) in [6.07, 6.45) is 1.92. The fraction of sp³-hybridized carbons (Fsp3) is 0.300. The zero-order chi connectivity index (χ0) is 22.1. The molecule has 31 heavy (non-hydrogen) atoms. The summed E-state index contributed by atoms with van der Waals surface area (Å²) in [6.45, 7) is 0.156. The number of fused-ring (bicyclic) bond motifs is 1. The van der Waals surface area contributed by atoms with Crippen molar-refractivity contribution in [1.82, 2.24) is 19.5 Å². The zero-order valence-corrected chi connectivity index (χ0v) is 17.1. The van der Waals surface area contributed by atoms with E-state index in [4.69, 9.17) is 33.3 Å². The van der Waals surface area contributed by atoms with Crippen molar-refractivity contribution in [2.24, 2.45) is 5.92 Å². The molecule has 156 valence electrons. The molecule has 1 saturated carbocycles. The molecule has 0 spiro atoms. The van der Waals surface area contributed by atoms with E-state index in [-0.39, 0.29) is 47.6 Å². The van der Waals surface area contributed by atoms with Crippen molar-refractivity contribution in [2.45, 2.75) is 31.8 Å². The van der Waals surface area contributed by atoms with Gasteiger partial charge in [-0.1, -0.05) is 17.7 Å². The average molecular weight is 436 g/mol. The molecule has 4 rings (SSSR count). The average Bonchev–Trinajstić information content (AvgIpc) is 3.56. The number of hydrogen-bond acceptors (Lipinski definition) is 9. The van der Waals surface area contributed by atoms with Gasteiger partial charge < -0.3 is 16.8 Å². The Hall–Kier alpha value is -3.89. The monoisotopic (exact) mass is 435 g/mol. The summed E-state index contributed by atoms with van der Waals surface area (Å²) in [7, 11) is 0. The van der Waals surface area contributed by atoms with Crippen molar-refractivity contribution >= 4 is 40.1 Å². The van der Waals surface area contributed by atoms with Gasteiger partial charge in [0.25, 0.3) is 5.56 Å². The van der Waals surface area contributed by atoms with E-state index in [0.717, 1.165) is 12.8 Å². The van der Waals surface area contributed by atoms with Crippen molar-refractivity contribution in [2.75, 3.05) is 16.8 Å². The van der Waals surface area contributed by atoms with Gasteiger partial charge in [-0.3, -0.25) is 9.36 Å². The highest BCUT2D eigenvalue weighted by atomic mass is 35.5. The lowest BCUT2D eigenvalue weighted by Gasteiger charge is -2.23. The van der Waals surface area contributed by atoms with Gasteiger partial charge in [-0.15, -0.1) is 0 Å². The second-order valence-electron chi connectivity index (χ2n) is 7.23. The first-order chi connectivity index (χ1) is 14.9. The molecule has 1 aliphatic rings. The van der Waals surface area contributed by atoms with Crippen LogP contribution in [0.15, 0.2) is 23.0 Å². The summed E-state index contributed by atoms with van der Waals surface area (Å²) < 4.78 is 1.47. The predicted molar refractivity (Wildman–Crippen MR) is 116 cm³/mol. The van der Waals surface area contributed by atoms with Gasteiger partial charge in [-0.25, -0.2) is 4.98 Å². The van der Waals surface area contributed by atoms with E-state index in [1.165, 1.54) is 4.57 Å². The molecule has 1 aliphatic carbocycles. The number of nitrogens with zero attached hydrogens (tertiary/aromatic N) is 6. The summed E-state index contributed by atoms with van der Waals surface area (Å²) in [5, 5.41) is 22.4. The number of halogens is 1. The first kappa shape index (κ1) is 20.4. The largest absolute Gasteiger partial charge is 0.382 e. The molecule has 1 unspecified atom stereocenters. The van der Waals surface area contributed by atoms with Crippen molar-refractivity contribution in [3.63, 3.8) is 0 Å². The van der Waals surface area contributed by atoms with Crippen LogP contribution in [0.25, 0.3) is 10.9 Å². The fourth-order valence-corrected chi connectivity index (χ4v) is 3.79.